The van der Waals surface area contributed by atoms with Crippen molar-refractivity contribution in [1.82, 2.24) is 0 Å². The number of nitrogens with zero attached hydrogens (tertiary/aromatic N) is 1. The molecule has 1 amide bonds. The average Bonchev–Trinajstić information content (AvgIpc) is 2.07. The molecule has 3 heteroatoms. The highest BCUT2D eigenvalue weighted by Crippen LogP contribution is 2.27. The maximum absolute atomic E-state index is 11.2. The molecule has 0 aromatic heterocycles. The van der Waals surface area contributed by atoms with Crippen molar-refractivity contribution in [1.29, 1.82) is 0 Å². The van der Waals surface area contributed by atoms with Crippen LogP contribution in [0.3, 0.4) is 0 Å². The maximum Gasteiger partial charge on any atom is 0.257 e. The van der Waals surface area contributed by atoms with E-state index in [-0.39, 0.29) is 11.8 Å². The van der Waals surface area contributed by atoms with E-state index in [1.165, 1.54) is 0 Å². The Bertz CT molecular complexity index is 350. The van der Waals surface area contributed by atoms with Crippen LogP contribution in [0.15, 0.2) is 39.4 Å². The van der Waals surface area contributed by atoms with Gasteiger partial charge in [0.05, 0.1) is 5.92 Å². The van der Waals surface area contributed by atoms with Gasteiger partial charge in [0, 0.05) is 10.7 Å². The third-order valence-electron chi connectivity index (χ3n) is 1.85. The second-order valence-corrected chi connectivity index (χ2v) is 3.56. The fourth-order valence-corrected chi connectivity index (χ4v) is 1.64. The smallest absolute Gasteiger partial charge is 0.257 e. The van der Waals surface area contributed by atoms with Crippen LogP contribution < -0.4 is 0 Å². The van der Waals surface area contributed by atoms with Crippen molar-refractivity contribution in [3.63, 3.8) is 0 Å². The van der Waals surface area contributed by atoms with Crippen LogP contribution in [-0.2, 0) is 4.79 Å². The van der Waals surface area contributed by atoms with Crippen LogP contribution in [0.2, 0.25) is 0 Å². The van der Waals surface area contributed by atoms with Crippen molar-refractivity contribution in [3.05, 3.63) is 34.4 Å². The molecule has 0 bridgehead atoms. The SMILES string of the molecule is O=C1N=CC=C2C=CC(Br)=CC12. The molecule has 12 heavy (non-hydrogen) atoms. The second kappa shape index (κ2) is 2.83. The first-order valence-corrected chi connectivity index (χ1v) is 4.40. The van der Waals surface area contributed by atoms with Gasteiger partial charge in [-0.1, -0.05) is 28.1 Å². The van der Waals surface area contributed by atoms with Gasteiger partial charge in [0.2, 0.25) is 0 Å². The standard InChI is InChI=1S/C9H6BrNO/c10-7-2-1-6-3-4-11-9(12)8(6)5-7/h1-5,8H. The molecule has 0 aromatic carbocycles. The van der Waals surface area contributed by atoms with Crippen molar-refractivity contribution in [2.45, 2.75) is 0 Å². The van der Waals surface area contributed by atoms with E-state index in [0.29, 0.717) is 0 Å². The van der Waals surface area contributed by atoms with Crippen LogP contribution >= 0.6 is 15.9 Å². The predicted octanol–water partition coefficient (Wildman–Crippen LogP) is 1.99. The number of hydrogen-bond donors (Lipinski definition) is 0. The second-order valence-electron chi connectivity index (χ2n) is 2.65. The summed E-state index contributed by atoms with van der Waals surface area (Å²) in [5, 5.41) is 0. The van der Waals surface area contributed by atoms with Gasteiger partial charge < -0.3 is 0 Å². The maximum atomic E-state index is 11.2. The lowest BCUT2D eigenvalue weighted by molar-refractivity contribution is -0.119. The number of fused-ring (bicyclic) bond motifs is 1. The zero-order valence-corrected chi connectivity index (χ0v) is 7.78. The first kappa shape index (κ1) is 7.68. The molecule has 0 fully saturated rings. The molecule has 1 aliphatic heterocycles. The Labute approximate surface area is 78.5 Å². The van der Waals surface area contributed by atoms with Crippen molar-refractivity contribution < 1.29 is 4.79 Å². The Morgan fingerprint density at radius 3 is 3.08 bits per heavy atom. The number of hydrogen-bond acceptors (Lipinski definition) is 1. The van der Waals surface area contributed by atoms with Crippen LogP contribution in [0, 0.1) is 5.92 Å². The van der Waals surface area contributed by atoms with Crippen LogP contribution in [0.25, 0.3) is 0 Å². The van der Waals surface area contributed by atoms with E-state index < -0.39 is 0 Å². The molecule has 0 spiro atoms. The van der Waals surface area contributed by atoms with Gasteiger partial charge in [-0.2, -0.15) is 0 Å². The van der Waals surface area contributed by atoms with Gasteiger partial charge in [-0.15, -0.1) is 0 Å². The first-order chi connectivity index (χ1) is 5.77. The highest BCUT2D eigenvalue weighted by Gasteiger charge is 2.22. The molecule has 0 saturated carbocycles. The summed E-state index contributed by atoms with van der Waals surface area (Å²) in [6, 6.07) is 0. The Morgan fingerprint density at radius 2 is 2.25 bits per heavy atom. The fourth-order valence-electron chi connectivity index (χ4n) is 1.24. The monoisotopic (exact) mass is 223 g/mol. The predicted molar refractivity (Wildman–Crippen MR) is 51.2 cm³/mol. The van der Waals surface area contributed by atoms with Gasteiger partial charge in [0.1, 0.15) is 0 Å². The molecule has 0 saturated heterocycles. The molecule has 0 N–H and O–H groups in total. The highest BCUT2D eigenvalue weighted by atomic mass is 79.9. The number of aliphatic imine (C=N–C) groups is 1. The average molecular weight is 224 g/mol. The first-order valence-electron chi connectivity index (χ1n) is 3.61. The summed E-state index contributed by atoms with van der Waals surface area (Å²) in [6.07, 6.45) is 9.13. The molecule has 0 radical (unpaired) electrons. The van der Waals surface area contributed by atoms with Gasteiger partial charge in [-0.25, -0.2) is 4.99 Å². The summed E-state index contributed by atoms with van der Waals surface area (Å²) in [5.74, 6) is -0.261. The summed E-state index contributed by atoms with van der Waals surface area (Å²) in [6.45, 7) is 0. The summed E-state index contributed by atoms with van der Waals surface area (Å²) < 4.78 is 0.940. The topological polar surface area (TPSA) is 29.4 Å². The zero-order valence-electron chi connectivity index (χ0n) is 6.20. The third-order valence-corrected chi connectivity index (χ3v) is 2.38. The molecule has 2 aliphatic rings. The van der Waals surface area contributed by atoms with Crippen LogP contribution in [0.1, 0.15) is 0 Å². The normalized spacial score (nSPS) is 26.4. The summed E-state index contributed by atoms with van der Waals surface area (Å²) in [5.41, 5.74) is 1.01. The van der Waals surface area contributed by atoms with Crippen molar-refractivity contribution in [2.75, 3.05) is 0 Å². The van der Waals surface area contributed by atoms with E-state index >= 15 is 0 Å². The van der Waals surface area contributed by atoms with Crippen LogP contribution in [-0.4, -0.2) is 12.1 Å². The van der Waals surface area contributed by atoms with Crippen molar-refractivity contribution in [3.8, 4) is 0 Å². The fraction of sp³-hybridized carbons (Fsp3) is 0.111. The lowest BCUT2D eigenvalue weighted by Crippen LogP contribution is -2.16. The third kappa shape index (κ3) is 1.20. The molecular formula is C9H6BrNO. The summed E-state index contributed by atoms with van der Waals surface area (Å²) in [4.78, 5) is 14.9. The number of carbonyl (C=O) groups is 1. The molecule has 1 aliphatic carbocycles. The molecule has 0 aromatic rings. The van der Waals surface area contributed by atoms with E-state index in [4.69, 9.17) is 0 Å². The van der Waals surface area contributed by atoms with Gasteiger partial charge >= 0.3 is 0 Å². The Balaban J connectivity index is 2.43. The van der Waals surface area contributed by atoms with Gasteiger partial charge in [0.15, 0.2) is 0 Å². The number of halogens is 1. The molecule has 1 heterocycles. The molecular weight excluding hydrogens is 218 g/mol. The largest absolute Gasteiger partial charge is 0.272 e. The van der Waals surface area contributed by atoms with E-state index in [1.54, 1.807) is 6.21 Å². The minimum Gasteiger partial charge on any atom is -0.272 e. The number of allylic oxidation sites excluding steroid dienone is 4. The van der Waals surface area contributed by atoms with Gasteiger partial charge in [-0.3, -0.25) is 4.79 Å². The van der Waals surface area contributed by atoms with Crippen LogP contribution in [0.5, 0.6) is 0 Å². The minimum absolute atomic E-state index is 0.0891. The van der Waals surface area contributed by atoms with E-state index in [9.17, 15) is 4.79 Å². The summed E-state index contributed by atoms with van der Waals surface area (Å²) >= 11 is 3.32. The summed E-state index contributed by atoms with van der Waals surface area (Å²) in [7, 11) is 0. The number of dihydropyridines is 1. The van der Waals surface area contributed by atoms with E-state index in [0.717, 1.165) is 10.1 Å². The van der Waals surface area contributed by atoms with Crippen molar-refractivity contribution >= 4 is 28.1 Å². The van der Waals surface area contributed by atoms with Crippen molar-refractivity contribution in [2.24, 2.45) is 10.9 Å². The van der Waals surface area contributed by atoms with Gasteiger partial charge in [0.25, 0.3) is 5.91 Å². The lowest BCUT2D eigenvalue weighted by Gasteiger charge is -2.16. The molecule has 1 unspecified atom stereocenters. The number of amides is 1. The number of rotatable bonds is 0. The van der Waals surface area contributed by atoms with Crippen LogP contribution in [0.4, 0.5) is 0 Å². The molecule has 2 nitrogen and oxygen atoms in total. The van der Waals surface area contributed by atoms with E-state index in [1.807, 2.05) is 24.3 Å². The minimum atomic E-state index is -0.172. The highest BCUT2D eigenvalue weighted by molar-refractivity contribution is 9.11. The Kier molecular flexibility index (Phi) is 1.81. The quantitative estimate of drug-likeness (QED) is 0.618. The molecule has 60 valence electrons. The Hall–Kier alpha value is -0.960. The molecule has 1 atom stereocenters. The molecule has 2 rings (SSSR count). The Morgan fingerprint density at radius 1 is 1.42 bits per heavy atom. The number of carbonyl (C=O) groups excluding carboxylic acids is 1. The van der Waals surface area contributed by atoms with E-state index in [2.05, 4.69) is 20.9 Å². The zero-order chi connectivity index (χ0) is 8.55. The van der Waals surface area contributed by atoms with Gasteiger partial charge in [-0.05, 0) is 17.7 Å². The lowest BCUT2D eigenvalue weighted by atomic mass is 9.92.